The monoisotopic (exact) mass is 167 g/mol. The van der Waals surface area contributed by atoms with Crippen molar-refractivity contribution in [2.45, 2.75) is 13.0 Å². The highest BCUT2D eigenvalue weighted by Crippen LogP contribution is 1.88. The van der Waals surface area contributed by atoms with Crippen LogP contribution in [0.4, 0.5) is 0 Å². The quantitative estimate of drug-likeness (QED) is 0.444. The SMILES string of the molecule is CCOC(=O)[C@H](CO)NCl. The maximum Gasteiger partial charge on any atom is 0.326 e. The smallest absolute Gasteiger partial charge is 0.326 e. The highest BCUT2D eigenvalue weighted by molar-refractivity contribution is 6.14. The molecule has 0 aromatic heterocycles. The first-order chi connectivity index (χ1) is 4.76. The van der Waals surface area contributed by atoms with Crippen molar-refractivity contribution in [3.05, 3.63) is 0 Å². The van der Waals surface area contributed by atoms with Gasteiger partial charge in [0, 0.05) is 0 Å². The number of hydrogen-bond donors (Lipinski definition) is 2. The number of rotatable bonds is 4. The van der Waals surface area contributed by atoms with Gasteiger partial charge in [0.05, 0.1) is 13.2 Å². The summed E-state index contributed by atoms with van der Waals surface area (Å²) in [7, 11) is 0. The number of aliphatic hydroxyl groups is 1. The van der Waals surface area contributed by atoms with Crippen LogP contribution in [0.15, 0.2) is 0 Å². The zero-order chi connectivity index (χ0) is 7.98. The summed E-state index contributed by atoms with van der Waals surface area (Å²) in [5, 5.41) is 8.48. The lowest BCUT2D eigenvalue weighted by Crippen LogP contribution is -2.35. The van der Waals surface area contributed by atoms with E-state index in [0.717, 1.165) is 0 Å². The maximum atomic E-state index is 10.7. The molecule has 10 heavy (non-hydrogen) atoms. The van der Waals surface area contributed by atoms with Crippen LogP contribution in [0.25, 0.3) is 0 Å². The fourth-order valence-corrected chi connectivity index (χ4v) is 0.555. The summed E-state index contributed by atoms with van der Waals surface area (Å²) in [6.45, 7) is 1.61. The van der Waals surface area contributed by atoms with Crippen LogP contribution in [-0.4, -0.2) is 30.3 Å². The number of esters is 1. The molecule has 0 bridgehead atoms. The van der Waals surface area contributed by atoms with Crippen LogP contribution in [0, 0.1) is 0 Å². The summed E-state index contributed by atoms with van der Waals surface area (Å²) < 4.78 is 4.54. The third kappa shape index (κ3) is 3.00. The Kier molecular flexibility index (Phi) is 5.29. The maximum absolute atomic E-state index is 10.7. The Morgan fingerprint density at radius 1 is 1.90 bits per heavy atom. The lowest BCUT2D eigenvalue weighted by Gasteiger charge is -2.08. The second-order valence-electron chi connectivity index (χ2n) is 1.60. The molecule has 2 N–H and O–H groups in total. The molecule has 4 nitrogen and oxygen atoms in total. The van der Waals surface area contributed by atoms with Gasteiger partial charge in [-0.05, 0) is 18.7 Å². The second-order valence-corrected chi connectivity index (χ2v) is 1.81. The highest BCUT2D eigenvalue weighted by Gasteiger charge is 2.16. The molecule has 0 aromatic carbocycles. The van der Waals surface area contributed by atoms with E-state index < -0.39 is 12.0 Å². The molecule has 0 fully saturated rings. The zero-order valence-corrected chi connectivity index (χ0v) is 6.39. The van der Waals surface area contributed by atoms with Gasteiger partial charge in [0.1, 0.15) is 6.04 Å². The van der Waals surface area contributed by atoms with Crippen molar-refractivity contribution in [3.8, 4) is 0 Å². The fraction of sp³-hybridized carbons (Fsp3) is 0.800. The number of carbonyl (C=O) groups is 1. The van der Waals surface area contributed by atoms with Crippen LogP contribution in [0.5, 0.6) is 0 Å². The van der Waals surface area contributed by atoms with E-state index in [0.29, 0.717) is 0 Å². The van der Waals surface area contributed by atoms with Gasteiger partial charge >= 0.3 is 5.97 Å². The Balaban J connectivity index is 3.65. The number of aliphatic hydroxyl groups excluding tert-OH is 1. The minimum atomic E-state index is -0.818. The lowest BCUT2D eigenvalue weighted by molar-refractivity contribution is -0.146. The largest absolute Gasteiger partial charge is 0.465 e. The molecule has 0 aromatic rings. The molecule has 0 heterocycles. The molecule has 0 spiro atoms. The Bertz CT molecular complexity index is 105. The highest BCUT2D eigenvalue weighted by atomic mass is 35.5. The van der Waals surface area contributed by atoms with Gasteiger partial charge in [0.15, 0.2) is 0 Å². The zero-order valence-electron chi connectivity index (χ0n) is 5.63. The summed E-state index contributed by atoms with van der Waals surface area (Å²) >= 11 is 5.09. The molecule has 5 heteroatoms. The minimum absolute atomic E-state index is 0.286. The summed E-state index contributed by atoms with van der Waals surface area (Å²) in [5.74, 6) is -0.542. The molecular formula is C5H10ClNO3. The fourth-order valence-electron chi connectivity index (χ4n) is 0.396. The van der Waals surface area contributed by atoms with Crippen molar-refractivity contribution < 1.29 is 14.6 Å². The molecule has 0 aliphatic rings. The van der Waals surface area contributed by atoms with Gasteiger partial charge in [0.25, 0.3) is 0 Å². The van der Waals surface area contributed by atoms with Crippen molar-refractivity contribution in [3.63, 3.8) is 0 Å². The number of hydrogen-bond acceptors (Lipinski definition) is 4. The predicted octanol–water partition coefficient (Wildman–Crippen LogP) is -0.346. The third-order valence-corrected chi connectivity index (χ3v) is 1.15. The molecule has 0 saturated heterocycles. The molecule has 0 amide bonds. The Morgan fingerprint density at radius 2 is 2.50 bits per heavy atom. The number of halogens is 1. The second kappa shape index (κ2) is 5.46. The molecule has 1 atom stereocenters. The summed E-state index contributed by atoms with van der Waals surface area (Å²) in [6, 6.07) is -0.818. The first kappa shape index (κ1) is 9.68. The summed E-state index contributed by atoms with van der Waals surface area (Å²) in [6.07, 6.45) is 0. The topological polar surface area (TPSA) is 58.6 Å². The van der Waals surface area contributed by atoms with Crippen molar-refractivity contribution >= 4 is 17.7 Å². The van der Waals surface area contributed by atoms with Crippen LogP contribution in [0.2, 0.25) is 0 Å². The first-order valence-electron chi connectivity index (χ1n) is 2.89. The lowest BCUT2D eigenvalue weighted by atomic mass is 10.3. The molecular weight excluding hydrogens is 158 g/mol. The van der Waals surface area contributed by atoms with Gasteiger partial charge in [-0.1, -0.05) is 0 Å². The van der Waals surface area contributed by atoms with Gasteiger partial charge in [-0.2, -0.15) is 0 Å². The Hall–Kier alpha value is -0.320. The van der Waals surface area contributed by atoms with Crippen LogP contribution in [0.3, 0.4) is 0 Å². The molecule has 0 saturated carbocycles. The van der Waals surface area contributed by atoms with Gasteiger partial charge in [-0.25, -0.2) is 4.84 Å². The Morgan fingerprint density at radius 3 is 2.80 bits per heavy atom. The van der Waals surface area contributed by atoms with Gasteiger partial charge in [0.2, 0.25) is 0 Å². The van der Waals surface area contributed by atoms with Crippen molar-refractivity contribution in [2.75, 3.05) is 13.2 Å². The van der Waals surface area contributed by atoms with Gasteiger partial charge in [-0.3, -0.25) is 4.79 Å². The number of carbonyl (C=O) groups excluding carboxylic acids is 1. The number of nitrogens with one attached hydrogen (secondary N) is 1. The number of ether oxygens (including phenoxy) is 1. The van der Waals surface area contributed by atoms with E-state index in [1.54, 1.807) is 6.92 Å². The predicted molar refractivity (Wildman–Crippen MR) is 36.5 cm³/mol. The van der Waals surface area contributed by atoms with Crippen LogP contribution in [-0.2, 0) is 9.53 Å². The molecule has 0 unspecified atom stereocenters. The molecule has 0 aliphatic heterocycles. The average molecular weight is 168 g/mol. The van der Waals surface area contributed by atoms with E-state index in [1.165, 1.54) is 0 Å². The van der Waals surface area contributed by atoms with E-state index in [4.69, 9.17) is 16.9 Å². The van der Waals surface area contributed by atoms with Crippen LogP contribution >= 0.6 is 11.8 Å². The van der Waals surface area contributed by atoms with Gasteiger partial charge in [-0.15, -0.1) is 0 Å². The van der Waals surface area contributed by atoms with Gasteiger partial charge < -0.3 is 9.84 Å². The summed E-state index contributed by atoms with van der Waals surface area (Å²) in [4.78, 5) is 12.8. The van der Waals surface area contributed by atoms with Crippen LogP contribution in [0.1, 0.15) is 6.92 Å². The molecule has 0 aliphatic carbocycles. The molecule has 60 valence electrons. The summed E-state index contributed by atoms with van der Waals surface area (Å²) in [5.41, 5.74) is 0. The molecule has 0 rings (SSSR count). The average Bonchev–Trinajstić information content (AvgIpc) is 1.91. The van der Waals surface area contributed by atoms with E-state index in [-0.39, 0.29) is 13.2 Å². The third-order valence-electron chi connectivity index (χ3n) is 0.885. The van der Waals surface area contributed by atoms with E-state index >= 15 is 0 Å². The van der Waals surface area contributed by atoms with Crippen molar-refractivity contribution in [1.29, 1.82) is 0 Å². The first-order valence-corrected chi connectivity index (χ1v) is 3.27. The van der Waals surface area contributed by atoms with E-state index in [9.17, 15) is 4.79 Å². The normalized spacial score (nSPS) is 12.7. The van der Waals surface area contributed by atoms with Crippen molar-refractivity contribution in [1.82, 2.24) is 4.84 Å². The van der Waals surface area contributed by atoms with Crippen molar-refractivity contribution in [2.24, 2.45) is 0 Å². The van der Waals surface area contributed by atoms with E-state index in [2.05, 4.69) is 9.57 Å². The van der Waals surface area contributed by atoms with E-state index in [1.807, 2.05) is 0 Å². The minimum Gasteiger partial charge on any atom is -0.465 e. The standard InChI is InChI=1S/C5H10ClNO3/c1-2-10-5(9)4(3-8)7-6/h4,7-8H,2-3H2,1H3/t4-/m0/s1. The Labute approximate surface area is 64.2 Å². The molecule has 0 radical (unpaired) electrons. The van der Waals surface area contributed by atoms with Crippen LogP contribution < -0.4 is 4.84 Å².